The van der Waals surface area contributed by atoms with E-state index in [1.807, 2.05) is 11.7 Å². The molecular formula is C12H22N4. The molecule has 90 valence electrons. The maximum absolute atomic E-state index is 6.15. The summed E-state index contributed by atoms with van der Waals surface area (Å²) in [7, 11) is 1.95. The minimum atomic E-state index is 0.0197. The zero-order valence-electron chi connectivity index (χ0n) is 10.5. The molecule has 2 N–H and O–H groups in total. The zero-order valence-corrected chi connectivity index (χ0v) is 10.5. The molecular weight excluding hydrogens is 200 g/mol. The highest BCUT2D eigenvalue weighted by atomic mass is 15.3. The van der Waals surface area contributed by atoms with E-state index in [1.54, 1.807) is 0 Å². The van der Waals surface area contributed by atoms with E-state index < -0.39 is 0 Å². The number of hydrogen-bond donors (Lipinski definition) is 1. The highest BCUT2D eigenvalue weighted by Crippen LogP contribution is 2.34. The average Bonchev–Trinajstić information content (AvgIpc) is 2.42. The van der Waals surface area contributed by atoms with Crippen molar-refractivity contribution in [3.63, 3.8) is 0 Å². The van der Waals surface area contributed by atoms with Gasteiger partial charge in [-0.15, -0.1) is 0 Å². The van der Waals surface area contributed by atoms with Crippen LogP contribution in [-0.4, -0.2) is 14.8 Å². The van der Waals surface area contributed by atoms with Gasteiger partial charge in [0.15, 0.2) is 5.82 Å². The molecule has 1 heterocycles. The topological polar surface area (TPSA) is 56.7 Å². The molecule has 1 aromatic heterocycles. The van der Waals surface area contributed by atoms with Gasteiger partial charge in [0.1, 0.15) is 5.82 Å². The van der Waals surface area contributed by atoms with E-state index in [-0.39, 0.29) is 6.04 Å². The Morgan fingerprint density at radius 2 is 2.12 bits per heavy atom. The zero-order chi connectivity index (χ0) is 11.7. The fourth-order valence-corrected chi connectivity index (χ4v) is 2.19. The van der Waals surface area contributed by atoms with Gasteiger partial charge in [-0.25, -0.2) is 4.98 Å². The molecule has 1 atom stereocenters. The van der Waals surface area contributed by atoms with Crippen LogP contribution in [0, 0.1) is 5.92 Å². The van der Waals surface area contributed by atoms with Crippen molar-refractivity contribution in [2.45, 2.75) is 51.5 Å². The minimum absolute atomic E-state index is 0.0197. The molecule has 4 heteroatoms. The van der Waals surface area contributed by atoms with Crippen molar-refractivity contribution in [3.8, 4) is 0 Å². The molecule has 0 saturated heterocycles. The predicted octanol–water partition coefficient (Wildman–Crippen LogP) is 2.13. The third-order valence-electron chi connectivity index (χ3n) is 3.34. The van der Waals surface area contributed by atoms with E-state index in [1.165, 1.54) is 19.3 Å². The van der Waals surface area contributed by atoms with Gasteiger partial charge in [0.2, 0.25) is 0 Å². The number of aryl methyl sites for hydroxylation is 1. The summed E-state index contributed by atoms with van der Waals surface area (Å²) in [5.41, 5.74) is 6.15. The second kappa shape index (κ2) is 4.53. The number of nitrogens with zero attached hydrogens (tertiary/aromatic N) is 3. The van der Waals surface area contributed by atoms with Crippen molar-refractivity contribution in [3.05, 3.63) is 11.6 Å². The van der Waals surface area contributed by atoms with Crippen LogP contribution in [0.5, 0.6) is 0 Å². The molecule has 2 rings (SSSR count). The van der Waals surface area contributed by atoms with Crippen LogP contribution in [0.4, 0.5) is 0 Å². The van der Waals surface area contributed by atoms with Gasteiger partial charge in [-0.2, -0.15) is 5.10 Å². The standard InChI is InChI=1S/C12H22N4/c1-8(2)7-10(13)12-14-11(15-16(12)3)9-5-4-6-9/h8-10H,4-7,13H2,1-3H3/t10-/m0/s1. The van der Waals surface area contributed by atoms with E-state index >= 15 is 0 Å². The fraction of sp³-hybridized carbons (Fsp3) is 0.833. The Bertz CT molecular complexity index is 352. The van der Waals surface area contributed by atoms with Gasteiger partial charge in [-0.1, -0.05) is 20.3 Å². The van der Waals surface area contributed by atoms with E-state index in [0.717, 1.165) is 18.1 Å². The first-order valence-electron chi connectivity index (χ1n) is 6.24. The highest BCUT2D eigenvalue weighted by molar-refractivity contribution is 5.05. The van der Waals surface area contributed by atoms with E-state index in [9.17, 15) is 0 Å². The van der Waals surface area contributed by atoms with Crippen LogP contribution in [0.15, 0.2) is 0 Å². The molecule has 1 saturated carbocycles. The SMILES string of the molecule is CC(C)C[C@H](N)c1nc(C2CCC2)nn1C. The molecule has 16 heavy (non-hydrogen) atoms. The molecule has 1 aliphatic carbocycles. The normalized spacial score (nSPS) is 18.8. The van der Waals surface area contributed by atoms with Gasteiger partial charge in [-0.3, -0.25) is 4.68 Å². The lowest BCUT2D eigenvalue weighted by molar-refractivity contribution is 0.400. The summed E-state index contributed by atoms with van der Waals surface area (Å²) in [6.45, 7) is 4.37. The number of nitrogens with two attached hydrogens (primary N) is 1. The monoisotopic (exact) mass is 222 g/mol. The van der Waals surface area contributed by atoms with Gasteiger partial charge >= 0.3 is 0 Å². The Kier molecular flexibility index (Phi) is 3.28. The van der Waals surface area contributed by atoms with Gasteiger partial charge in [0, 0.05) is 13.0 Å². The lowest BCUT2D eigenvalue weighted by Crippen LogP contribution is -2.17. The molecule has 1 fully saturated rings. The van der Waals surface area contributed by atoms with Crippen LogP contribution >= 0.6 is 0 Å². The molecule has 1 aromatic rings. The summed E-state index contributed by atoms with van der Waals surface area (Å²) in [4.78, 5) is 4.61. The van der Waals surface area contributed by atoms with Crippen LogP contribution in [0.3, 0.4) is 0 Å². The smallest absolute Gasteiger partial charge is 0.154 e. The first kappa shape index (κ1) is 11.6. The van der Waals surface area contributed by atoms with Crippen LogP contribution in [0.25, 0.3) is 0 Å². The predicted molar refractivity (Wildman–Crippen MR) is 64.0 cm³/mol. The maximum atomic E-state index is 6.15. The van der Waals surface area contributed by atoms with Gasteiger partial charge in [0.25, 0.3) is 0 Å². The molecule has 0 amide bonds. The van der Waals surface area contributed by atoms with Crippen molar-refractivity contribution >= 4 is 0 Å². The van der Waals surface area contributed by atoms with E-state index in [0.29, 0.717) is 11.8 Å². The van der Waals surface area contributed by atoms with Crippen molar-refractivity contribution in [2.24, 2.45) is 18.7 Å². The fourth-order valence-electron chi connectivity index (χ4n) is 2.19. The molecule has 0 aromatic carbocycles. The summed E-state index contributed by atoms with van der Waals surface area (Å²) < 4.78 is 1.86. The molecule has 1 aliphatic rings. The third-order valence-corrected chi connectivity index (χ3v) is 3.34. The van der Waals surface area contributed by atoms with Crippen LogP contribution in [0.2, 0.25) is 0 Å². The van der Waals surface area contributed by atoms with Crippen LogP contribution in [0.1, 0.15) is 63.1 Å². The second-order valence-corrected chi connectivity index (χ2v) is 5.32. The summed E-state index contributed by atoms with van der Waals surface area (Å²) in [5, 5.41) is 4.49. The first-order valence-corrected chi connectivity index (χ1v) is 6.24. The van der Waals surface area contributed by atoms with E-state index in [2.05, 4.69) is 23.9 Å². The van der Waals surface area contributed by atoms with Crippen LogP contribution in [-0.2, 0) is 7.05 Å². The first-order chi connectivity index (χ1) is 7.58. The molecule has 4 nitrogen and oxygen atoms in total. The summed E-state index contributed by atoms with van der Waals surface area (Å²) >= 11 is 0. The molecule has 0 aliphatic heterocycles. The lowest BCUT2D eigenvalue weighted by atomic mass is 9.85. The second-order valence-electron chi connectivity index (χ2n) is 5.32. The highest BCUT2D eigenvalue weighted by Gasteiger charge is 2.25. The van der Waals surface area contributed by atoms with Crippen LogP contribution < -0.4 is 5.73 Å². The average molecular weight is 222 g/mol. The van der Waals surface area contributed by atoms with Gasteiger partial charge < -0.3 is 5.73 Å². The number of rotatable bonds is 4. The molecule has 0 radical (unpaired) electrons. The van der Waals surface area contributed by atoms with Crippen molar-refractivity contribution in [2.75, 3.05) is 0 Å². The molecule has 0 spiro atoms. The van der Waals surface area contributed by atoms with Crippen molar-refractivity contribution < 1.29 is 0 Å². The third kappa shape index (κ3) is 2.26. The summed E-state index contributed by atoms with van der Waals surface area (Å²) in [6, 6.07) is 0.0197. The van der Waals surface area contributed by atoms with Crippen molar-refractivity contribution in [1.29, 1.82) is 0 Å². The quantitative estimate of drug-likeness (QED) is 0.849. The molecule has 0 bridgehead atoms. The number of aromatic nitrogens is 3. The molecule has 0 unspecified atom stereocenters. The number of hydrogen-bond acceptors (Lipinski definition) is 3. The van der Waals surface area contributed by atoms with E-state index in [4.69, 9.17) is 5.73 Å². The van der Waals surface area contributed by atoms with Gasteiger partial charge in [0.05, 0.1) is 6.04 Å². The Morgan fingerprint density at radius 3 is 2.62 bits per heavy atom. The Balaban J connectivity index is 2.10. The van der Waals surface area contributed by atoms with Crippen molar-refractivity contribution in [1.82, 2.24) is 14.8 Å². The Morgan fingerprint density at radius 1 is 1.44 bits per heavy atom. The summed E-state index contributed by atoms with van der Waals surface area (Å²) in [5.74, 6) is 3.13. The minimum Gasteiger partial charge on any atom is -0.321 e. The summed E-state index contributed by atoms with van der Waals surface area (Å²) in [6.07, 6.45) is 4.76. The Labute approximate surface area is 97.2 Å². The Hall–Kier alpha value is -0.900. The van der Waals surface area contributed by atoms with Gasteiger partial charge in [-0.05, 0) is 25.2 Å². The largest absolute Gasteiger partial charge is 0.321 e. The lowest BCUT2D eigenvalue weighted by Gasteiger charge is -2.21. The maximum Gasteiger partial charge on any atom is 0.154 e.